The minimum Gasteiger partial charge on any atom is -0.480 e. The number of carboxylic acids is 1. The molecule has 0 bridgehead atoms. The van der Waals surface area contributed by atoms with Gasteiger partial charge in [0.05, 0.1) is 0 Å². The number of hydrogen-bond donors (Lipinski definition) is 1. The second-order valence-electron chi connectivity index (χ2n) is 4.44. The second-order valence-corrected chi connectivity index (χ2v) is 4.44. The first kappa shape index (κ1) is 13.8. The van der Waals surface area contributed by atoms with Crippen molar-refractivity contribution in [2.45, 2.75) is 6.92 Å². The van der Waals surface area contributed by atoms with E-state index < -0.39 is 5.97 Å². The number of benzene rings is 2. The van der Waals surface area contributed by atoms with Crippen molar-refractivity contribution in [1.29, 1.82) is 0 Å². The zero-order valence-corrected chi connectivity index (χ0v) is 11.1. The van der Waals surface area contributed by atoms with E-state index in [2.05, 4.69) is 0 Å². The van der Waals surface area contributed by atoms with Crippen molar-refractivity contribution in [1.82, 2.24) is 0 Å². The van der Waals surface area contributed by atoms with Gasteiger partial charge in [-0.25, -0.2) is 0 Å². The summed E-state index contributed by atoms with van der Waals surface area (Å²) in [5.74, 6) is -1.36. The van der Waals surface area contributed by atoms with Gasteiger partial charge < -0.3 is 5.11 Å². The molecule has 4 nitrogen and oxygen atoms in total. The van der Waals surface area contributed by atoms with Crippen LogP contribution in [-0.4, -0.2) is 23.5 Å². The molecule has 4 heteroatoms. The van der Waals surface area contributed by atoms with Crippen LogP contribution < -0.4 is 4.90 Å². The summed E-state index contributed by atoms with van der Waals surface area (Å²) in [4.78, 5) is 24.8. The van der Waals surface area contributed by atoms with E-state index in [4.69, 9.17) is 5.11 Å². The van der Waals surface area contributed by atoms with Crippen molar-refractivity contribution in [2.75, 3.05) is 11.4 Å². The van der Waals surface area contributed by atoms with E-state index in [1.807, 2.05) is 25.1 Å². The molecule has 2 rings (SSSR count). The smallest absolute Gasteiger partial charge is 0.323 e. The summed E-state index contributed by atoms with van der Waals surface area (Å²) in [6.07, 6.45) is 0. The number of aliphatic carboxylic acids is 1. The predicted molar refractivity (Wildman–Crippen MR) is 76.9 cm³/mol. The van der Waals surface area contributed by atoms with Crippen molar-refractivity contribution < 1.29 is 14.7 Å². The SMILES string of the molecule is Cc1ccccc1N(CC(=O)O)C(=O)c1ccccc1. The highest BCUT2D eigenvalue weighted by molar-refractivity contribution is 6.08. The lowest BCUT2D eigenvalue weighted by molar-refractivity contribution is -0.135. The first-order valence-corrected chi connectivity index (χ1v) is 6.24. The number of para-hydroxylation sites is 1. The Labute approximate surface area is 117 Å². The van der Waals surface area contributed by atoms with Gasteiger partial charge in [-0.2, -0.15) is 0 Å². The van der Waals surface area contributed by atoms with Gasteiger partial charge in [0.2, 0.25) is 0 Å². The first-order chi connectivity index (χ1) is 9.59. The Morgan fingerprint density at radius 3 is 2.20 bits per heavy atom. The standard InChI is InChI=1S/C16H15NO3/c1-12-7-5-6-10-14(12)17(11-15(18)19)16(20)13-8-3-2-4-9-13/h2-10H,11H2,1H3,(H,18,19). The summed E-state index contributed by atoms with van der Waals surface area (Å²) in [6, 6.07) is 15.9. The summed E-state index contributed by atoms with van der Waals surface area (Å²) >= 11 is 0. The normalized spacial score (nSPS) is 10.1. The maximum atomic E-state index is 12.5. The molecule has 0 aliphatic heterocycles. The van der Waals surface area contributed by atoms with Crippen molar-refractivity contribution >= 4 is 17.6 Å². The third-order valence-electron chi connectivity index (χ3n) is 2.97. The number of rotatable bonds is 4. The van der Waals surface area contributed by atoms with Crippen LogP contribution in [0.4, 0.5) is 5.69 Å². The predicted octanol–water partition coefficient (Wildman–Crippen LogP) is 2.73. The molecule has 102 valence electrons. The Kier molecular flexibility index (Phi) is 4.15. The second kappa shape index (κ2) is 6.02. The van der Waals surface area contributed by atoms with E-state index in [9.17, 15) is 9.59 Å². The minimum atomic E-state index is -1.04. The monoisotopic (exact) mass is 269 g/mol. The molecule has 0 fully saturated rings. The molecule has 1 amide bonds. The van der Waals surface area contributed by atoms with Gasteiger partial charge in [-0.15, -0.1) is 0 Å². The molecule has 0 heterocycles. The average molecular weight is 269 g/mol. The third kappa shape index (κ3) is 3.03. The molecule has 2 aromatic rings. The molecule has 0 radical (unpaired) electrons. The van der Waals surface area contributed by atoms with Crippen LogP contribution in [0.2, 0.25) is 0 Å². The molecule has 20 heavy (non-hydrogen) atoms. The summed E-state index contributed by atoms with van der Waals surface area (Å²) in [7, 11) is 0. The van der Waals surface area contributed by atoms with Crippen LogP contribution in [0.15, 0.2) is 54.6 Å². The Morgan fingerprint density at radius 2 is 1.60 bits per heavy atom. The Bertz CT molecular complexity index is 623. The molecule has 0 aliphatic rings. The van der Waals surface area contributed by atoms with Crippen molar-refractivity contribution in [3.63, 3.8) is 0 Å². The van der Waals surface area contributed by atoms with E-state index in [1.54, 1.807) is 36.4 Å². The van der Waals surface area contributed by atoms with Crippen molar-refractivity contribution in [3.05, 3.63) is 65.7 Å². The highest BCUT2D eigenvalue weighted by Gasteiger charge is 2.21. The summed E-state index contributed by atoms with van der Waals surface area (Å²) in [5, 5.41) is 9.04. The average Bonchev–Trinajstić information content (AvgIpc) is 2.46. The number of carbonyl (C=O) groups is 2. The van der Waals surface area contributed by atoms with Crippen LogP contribution in [0, 0.1) is 6.92 Å². The van der Waals surface area contributed by atoms with Crippen LogP contribution in [0.25, 0.3) is 0 Å². The molecule has 0 aliphatic carbocycles. The summed E-state index contributed by atoms with van der Waals surface area (Å²) in [5.41, 5.74) is 1.94. The molecule has 1 N–H and O–H groups in total. The van der Waals surface area contributed by atoms with Gasteiger partial charge in [0.1, 0.15) is 6.54 Å². The Morgan fingerprint density at radius 1 is 1.00 bits per heavy atom. The van der Waals surface area contributed by atoms with Gasteiger partial charge in [0.25, 0.3) is 5.91 Å². The number of carbonyl (C=O) groups excluding carboxylic acids is 1. The van der Waals surface area contributed by atoms with Gasteiger partial charge >= 0.3 is 5.97 Å². The molecule has 0 unspecified atom stereocenters. The number of anilines is 1. The molecule has 0 spiro atoms. The quantitative estimate of drug-likeness (QED) is 0.928. The van der Waals surface area contributed by atoms with Gasteiger partial charge in [-0.05, 0) is 30.7 Å². The largest absolute Gasteiger partial charge is 0.480 e. The number of hydrogen-bond acceptors (Lipinski definition) is 2. The lowest BCUT2D eigenvalue weighted by Gasteiger charge is -2.22. The van der Waals surface area contributed by atoms with Crippen LogP contribution in [-0.2, 0) is 4.79 Å². The fraction of sp³-hybridized carbons (Fsp3) is 0.125. The zero-order chi connectivity index (χ0) is 14.5. The molecule has 0 saturated carbocycles. The molecular formula is C16H15NO3. The summed E-state index contributed by atoms with van der Waals surface area (Å²) < 4.78 is 0. The van der Waals surface area contributed by atoms with E-state index in [1.165, 1.54) is 4.90 Å². The van der Waals surface area contributed by atoms with Crippen molar-refractivity contribution in [3.8, 4) is 0 Å². The molecule has 0 atom stereocenters. The first-order valence-electron chi connectivity index (χ1n) is 6.24. The maximum Gasteiger partial charge on any atom is 0.323 e. The Hall–Kier alpha value is -2.62. The lowest BCUT2D eigenvalue weighted by atomic mass is 10.1. The molecule has 2 aromatic carbocycles. The highest BCUT2D eigenvalue weighted by atomic mass is 16.4. The van der Waals surface area contributed by atoms with Crippen LogP contribution >= 0.6 is 0 Å². The number of nitrogens with zero attached hydrogens (tertiary/aromatic N) is 1. The minimum absolute atomic E-state index is 0.317. The molecule has 0 saturated heterocycles. The lowest BCUT2D eigenvalue weighted by Crippen LogP contribution is -2.36. The number of amides is 1. The number of carboxylic acid groups (broad SMARTS) is 1. The van der Waals surface area contributed by atoms with E-state index >= 15 is 0 Å². The van der Waals surface area contributed by atoms with E-state index in [-0.39, 0.29) is 12.5 Å². The van der Waals surface area contributed by atoms with Crippen LogP contribution in [0.3, 0.4) is 0 Å². The summed E-state index contributed by atoms with van der Waals surface area (Å²) in [6.45, 7) is 1.49. The molecule has 0 aromatic heterocycles. The van der Waals surface area contributed by atoms with Gasteiger partial charge in [0, 0.05) is 11.3 Å². The van der Waals surface area contributed by atoms with Gasteiger partial charge in [0.15, 0.2) is 0 Å². The fourth-order valence-corrected chi connectivity index (χ4v) is 2.00. The van der Waals surface area contributed by atoms with Gasteiger partial charge in [-0.3, -0.25) is 14.5 Å². The van der Waals surface area contributed by atoms with Gasteiger partial charge in [-0.1, -0.05) is 36.4 Å². The number of aryl methyl sites for hydroxylation is 1. The third-order valence-corrected chi connectivity index (χ3v) is 2.97. The Balaban J connectivity index is 2.41. The zero-order valence-electron chi connectivity index (χ0n) is 11.1. The van der Waals surface area contributed by atoms with E-state index in [0.717, 1.165) is 5.56 Å². The van der Waals surface area contributed by atoms with E-state index in [0.29, 0.717) is 11.3 Å². The highest BCUT2D eigenvalue weighted by Crippen LogP contribution is 2.21. The molecular weight excluding hydrogens is 254 g/mol. The van der Waals surface area contributed by atoms with Crippen molar-refractivity contribution in [2.24, 2.45) is 0 Å². The van der Waals surface area contributed by atoms with Crippen LogP contribution in [0.1, 0.15) is 15.9 Å². The van der Waals surface area contributed by atoms with Crippen LogP contribution in [0.5, 0.6) is 0 Å². The maximum absolute atomic E-state index is 12.5. The topological polar surface area (TPSA) is 57.6 Å². The fourth-order valence-electron chi connectivity index (χ4n) is 2.00.